The van der Waals surface area contributed by atoms with Crippen LogP contribution in [-0.4, -0.2) is 63.1 Å². The first-order valence-corrected chi connectivity index (χ1v) is 10.6. The summed E-state index contributed by atoms with van der Waals surface area (Å²) in [5.74, 6) is 0.357. The number of amides is 1. The molecular formula is C23H28N4O2. The molecular weight excluding hydrogens is 364 g/mol. The standard InChI is InChI=1S/C23H28N4O2/c1-16-15-24-21(25-16)22(29)27-13-9-23(10-14-27)18-8-4-3-7-17(18)19(20(23)28)26-11-5-2-6-12-26/h2-5,7-8,15,19-20,28H,6,9-14H2,1H3,(H,24,25)/t19-,20+/m1/s1. The van der Waals surface area contributed by atoms with E-state index in [1.807, 2.05) is 11.8 Å². The van der Waals surface area contributed by atoms with Gasteiger partial charge < -0.3 is 15.0 Å². The Morgan fingerprint density at radius 3 is 2.69 bits per heavy atom. The Balaban J connectivity index is 1.41. The number of likely N-dealkylation sites (tertiary alicyclic amines) is 1. The summed E-state index contributed by atoms with van der Waals surface area (Å²) >= 11 is 0. The highest BCUT2D eigenvalue weighted by atomic mass is 16.3. The van der Waals surface area contributed by atoms with Crippen LogP contribution in [0.5, 0.6) is 0 Å². The summed E-state index contributed by atoms with van der Waals surface area (Å²) in [5, 5.41) is 11.6. The zero-order valence-electron chi connectivity index (χ0n) is 16.8. The predicted molar refractivity (Wildman–Crippen MR) is 111 cm³/mol. The number of H-pyrrole nitrogens is 1. The Hall–Kier alpha value is -2.44. The number of nitrogens with zero attached hydrogens (tertiary/aromatic N) is 3. The van der Waals surface area contributed by atoms with Gasteiger partial charge in [0.05, 0.1) is 12.1 Å². The van der Waals surface area contributed by atoms with Crippen LogP contribution in [0.2, 0.25) is 0 Å². The van der Waals surface area contributed by atoms with Crippen LogP contribution in [0.25, 0.3) is 0 Å². The molecule has 0 unspecified atom stereocenters. The minimum atomic E-state index is -0.450. The van der Waals surface area contributed by atoms with Gasteiger partial charge in [-0.15, -0.1) is 0 Å². The Labute approximate surface area is 171 Å². The van der Waals surface area contributed by atoms with Crippen LogP contribution in [0.4, 0.5) is 0 Å². The van der Waals surface area contributed by atoms with Crippen LogP contribution < -0.4 is 0 Å². The van der Waals surface area contributed by atoms with Gasteiger partial charge in [-0.05, 0) is 37.3 Å². The van der Waals surface area contributed by atoms with E-state index < -0.39 is 6.10 Å². The minimum Gasteiger partial charge on any atom is -0.390 e. The lowest BCUT2D eigenvalue weighted by atomic mass is 9.72. The Kier molecular flexibility index (Phi) is 4.56. The van der Waals surface area contributed by atoms with Gasteiger partial charge in [0.2, 0.25) is 0 Å². The van der Waals surface area contributed by atoms with Gasteiger partial charge in [0.25, 0.3) is 5.91 Å². The Morgan fingerprint density at radius 2 is 2.00 bits per heavy atom. The number of piperidine rings is 1. The van der Waals surface area contributed by atoms with Gasteiger partial charge in [-0.3, -0.25) is 9.69 Å². The van der Waals surface area contributed by atoms with E-state index in [0.29, 0.717) is 18.9 Å². The number of hydrogen-bond donors (Lipinski definition) is 2. The molecule has 6 heteroatoms. The summed E-state index contributed by atoms with van der Waals surface area (Å²) in [7, 11) is 0. The summed E-state index contributed by atoms with van der Waals surface area (Å²) in [4.78, 5) is 24.3. The molecule has 1 saturated heterocycles. The lowest BCUT2D eigenvalue weighted by Gasteiger charge is -2.44. The molecule has 2 N–H and O–H groups in total. The van der Waals surface area contributed by atoms with Gasteiger partial charge in [-0.2, -0.15) is 0 Å². The normalized spacial score (nSPS) is 26.1. The van der Waals surface area contributed by atoms with Crippen LogP contribution in [0.3, 0.4) is 0 Å². The highest BCUT2D eigenvalue weighted by Crippen LogP contribution is 2.53. The van der Waals surface area contributed by atoms with Crippen molar-refractivity contribution in [1.29, 1.82) is 0 Å². The highest BCUT2D eigenvalue weighted by Gasteiger charge is 2.54. The number of benzene rings is 1. The van der Waals surface area contributed by atoms with Gasteiger partial charge in [0.15, 0.2) is 5.82 Å². The molecule has 3 heterocycles. The maximum absolute atomic E-state index is 12.8. The number of hydrogen-bond acceptors (Lipinski definition) is 4. The van der Waals surface area contributed by atoms with E-state index in [1.165, 1.54) is 11.1 Å². The first-order valence-electron chi connectivity index (χ1n) is 10.6. The van der Waals surface area contributed by atoms with Crippen molar-refractivity contribution in [2.24, 2.45) is 0 Å². The molecule has 1 fully saturated rings. The number of aryl methyl sites for hydroxylation is 1. The van der Waals surface area contributed by atoms with Crippen molar-refractivity contribution in [3.05, 3.63) is 65.3 Å². The van der Waals surface area contributed by atoms with E-state index in [-0.39, 0.29) is 17.4 Å². The predicted octanol–water partition coefficient (Wildman–Crippen LogP) is 2.57. The third-order valence-corrected chi connectivity index (χ3v) is 7.01. The smallest absolute Gasteiger partial charge is 0.289 e. The molecule has 0 radical (unpaired) electrons. The lowest BCUT2D eigenvalue weighted by Crippen LogP contribution is -2.51. The van der Waals surface area contributed by atoms with E-state index in [9.17, 15) is 9.90 Å². The van der Waals surface area contributed by atoms with Crippen molar-refractivity contribution >= 4 is 5.91 Å². The molecule has 1 aromatic heterocycles. The first-order chi connectivity index (χ1) is 14.1. The number of nitrogens with one attached hydrogen (secondary N) is 1. The molecule has 1 spiro atoms. The second-order valence-corrected chi connectivity index (χ2v) is 8.60. The quantitative estimate of drug-likeness (QED) is 0.771. The number of aliphatic hydroxyl groups excluding tert-OH is 1. The maximum Gasteiger partial charge on any atom is 0.289 e. The van der Waals surface area contributed by atoms with E-state index in [1.54, 1.807) is 6.20 Å². The number of carbonyl (C=O) groups excluding carboxylic acids is 1. The van der Waals surface area contributed by atoms with Crippen LogP contribution >= 0.6 is 0 Å². The summed E-state index contributed by atoms with van der Waals surface area (Å²) in [6.07, 6.45) is 8.25. The van der Waals surface area contributed by atoms with E-state index in [0.717, 1.165) is 38.0 Å². The third-order valence-electron chi connectivity index (χ3n) is 7.01. The second-order valence-electron chi connectivity index (χ2n) is 8.60. The molecule has 5 rings (SSSR count). The minimum absolute atomic E-state index is 0.0334. The van der Waals surface area contributed by atoms with Crippen LogP contribution in [0, 0.1) is 6.92 Å². The highest BCUT2D eigenvalue weighted by molar-refractivity contribution is 5.90. The molecule has 29 heavy (non-hydrogen) atoms. The Bertz CT molecular complexity index is 942. The monoisotopic (exact) mass is 392 g/mol. The molecule has 152 valence electrons. The average molecular weight is 393 g/mol. The van der Waals surface area contributed by atoms with Crippen molar-refractivity contribution in [3.8, 4) is 0 Å². The van der Waals surface area contributed by atoms with Gasteiger partial charge in [-0.1, -0.05) is 36.4 Å². The fourth-order valence-corrected chi connectivity index (χ4v) is 5.49. The van der Waals surface area contributed by atoms with E-state index in [2.05, 4.69) is 51.3 Å². The molecule has 1 amide bonds. The molecule has 6 nitrogen and oxygen atoms in total. The number of aliphatic hydroxyl groups is 1. The van der Waals surface area contributed by atoms with E-state index in [4.69, 9.17) is 0 Å². The zero-order valence-corrected chi connectivity index (χ0v) is 16.8. The van der Waals surface area contributed by atoms with E-state index >= 15 is 0 Å². The van der Waals surface area contributed by atoms with Crippen molar-refractivity contribution in [3.63, 3.8) is 0 Å². The molecule has 1 aromatic carbocycles. The summed E-state index contributed by atoms with van der Waals surface area (Å²) in [6, 6.07) is 8.56. The Morgan fingerprint density at radius 1 is 1.21 bits per heavy atom. The number of carbonyl (C=O) groups is 1. The number of rotatable bonds is 2. The summed E-state index contributed by atoms with van der Waals surface area (Å²) in [5.41, 5.74) is 3.14. The first kappa shape index (κ1) is 18.6. The number of fused-ring (bicyclic) bond motifs is 2. The second kappa shape index (κ2) is 7.11. The van der Waals surface area contributed by atoms with Crippen LogP contribution in [0.15, 0.2) is 42.6 Å². The largest absolute Gasteiger partial charge is 0.390 e. The molecule has 0 saturated carbocycles. The molecule has 2 aromatic rings. The number of imidazole rings is 1. The average Bonchev–Trinajstić information content (AvgIpc) is 3.29. The fraction of sp³-hybridized carbons (Fsp3) is 0.478. The van der Waals surface area contributed by atoms with Gasteiger partial charge >= 0.3 is 0 Å². The topological polar surface area (TPSA) is 72.5 Å². The van der Waals surface area contributed by atoms with Crippen LogP contribution in [-0.2, 0) is 5.41 Å². The molecule has 0 bridgehead atoms. The number of aromatic amines is 1. The van der Waals surface area contributed by atoms with Gasteiger partial charge in [0, 0.05) is 43.5 Å². The molecule has 1 aliphatic carbocycles. The van der Waals surface area contributed by atoms with Gasteiger partial charge in [0.1, 0.15) is 0 Å². The van der Waals surface area contributed by atoms with Crippen molar-refractivity contribution in [2.45, 2.75) is 43.7 Å². The molecule has 2 aliphatic heterocycles. The fourth-order valence-electron chi connectivity index (χ4n) is 5.49. The van der Waals surface area contributed by atoms with Crippen LogP contribution in [0.1, 0.15) is 52.7 Å². The van der Waals surface area contributed by atoms with Crippen molar-refractivity contribution in [1.82, 2.24) is 19.8 Å². The van der Waals surface area contributed by atoms with Crippen molar-refractivity contribution < 1.29 is 9.90 Å². The third kappa shape index (κ3) is 2.93. The van der Waals surface area contributed by atoms with Crippen molar-refractivity contribution in [2.75, 3.05) is 26.2 Å². The molecule has 3 aliphatic rings. The number of aromatic nitrogens is 2. The zero-order chi connectivity index (χ0) is 20.0. The molecule has 2 atom stereocenters. The summed E-state index contributed by atoms with van der Waals surface area (Å²) < 4.78 is 0. The maximum atomic E-state index is 12.8. The summed E-state index contributed by atoms with van der Waals surface area (Å²) in [6.45, 7) is 5.03. The lowest BCUT2D eigenvalue weighted by molar-refractivity contribution is -0.0115. The van der Waals surface area contributed by atoms with Gasteiger partial charge in [-0.25, -0.2) is 4.98 Å². The SMILES string of the molecule is Cc1cnc(C(=O)N2CCC3(CC2)c2ccccc2[C@@H](N2CC=CCC2)[C@@H]3O)[nH]1.